The van der Waals surface area contributed by atoms with Crippen LogP contribution in [0.25, 0.3) is 0 Å². The number of amides is 1. The van der Waals surface area contributed by atoms with Crippen molar-refractivity contribution in [1.82, 2.24) is 5.32 Å². The van der Waals surface area contributed by atoms with Crippen molar-refractivity contribution >= 4 is 19.7 Å². The number of benzene rings is 1. The molecule has 156 valence electrons. The van der Waals surface area contributed by atoms with E-state index in [-0.39, 0.29) is 36.6 Å². The van der Waals surface area contributed by atoms with Gasteiger partial charge < -0.3 is 14.6 Å². The molecule has 2 N–H and O–H groups in total. The van der Waals surface area contributed by atoms with Crippen molar-refractivity contribution in [3.8, 4) is 0 Å². The van der Waals surface area contributed by atoms with E-state index in [4.69, 9.17) is 9.31 Å². The Hall–Kier alpha value is -1.66. The molecule has 0 aromatic heterocycles. The van der Waals surface area contributed by atoms with E-state index >= 15 is 0 Å². The van der Waals surface area contributed by atoms with Crippen molar-refractivity contribution in [3.05, 3.63) is 35.9 Å². The zero-order chi connectivity index (χ0) is 20.8. The molecule has 6 atom stereocenters. The first-order valence-electron chi connectivity index (χ1n) is 10.9. The van der Waals surface area contributed by atoms with Crippen LogP contribution in [0, 0.1) is 17.3 Å². The maximum absolute atomic E-state index is 12.7. The summed E-state index contributed by atoms with van der Waals surface area (Å²) in [6, 6.07) is 9.63. The number of nitrogens with one attached hydrogen (secondary N) is 2. The predicted octanol–water partition coefficient (Wildman–Crippen LogP) is 1.61. The molecule has 6 heteroatoms. The Morgan fingerprint density at radius 3 is 2.69 bits per heavy atom. The van der Waals surface area contributed by atoms with E-state index in [2.05, 4.69) is 44.7 Å². The fourth-order valence-electron chi connectivity index (χ4n) is 5.73. The van der Waals surface area contributed by atoms with Crippen LogP contribution < -0.4 is 10.3 Å². The Kier molecular flexibility index (Phi) is 5.37. The van der Waals surface area contributed by atoms with Crippen molar-refractivity contribution in [2.45, 2.75) is 70.5 Å². The molecule has 1 aliphatic heterocycles. The van der Waals surface area contributed by atoms with Crippen molar-refractivity contribution in [1.29, 1.82) is 0 Å². The van der Waals surface area contributed by atoms with Crippen LogP contribution in [0.15, 0.2) is 30.3 Å². The molecule has 3 unspecified atom stereocenters. The highest BCUT2D eigenvalue weighted by atomic mass is 16.7. The van der Waals surface area contributed by atoms with Gasteiger partial charge in [0, 0.05) is 18.8 Å². The standard InChI is InChI=1S/C23H33BN2O3/c1-15(14-26-21(27)18(25-5)11-16-9-7-6-8-10-16)24-28-20-13-17-12-19(22(17,2)3)23(20,4)29-24/h6-10,15,17-20H,5,11-14H2,1-4H3,(H,26,27)/p+1/t15-,17?,18+,19?,20?,23-/m1/s1. The zero-order valence-electron chi connectivity index (χ0n) is 18.1. The number of hydrogen-bond donors (Lipinski definition) is 2. The average Bonchev–Trinajstić information content (AvgIpc) is 3.07. The lowest BCUT2D eigenvalue weighted by molar-refractivity contribution is -0.477. The summed E-state index contributed by atoms with van der Waals surface area (Å²) >= 11 is 0. The molecule has 1 aromatic rings. The van der Waals surface area contributed by atoms with Crippen LogP contribution in [-0.4, -0.2) is 44.0 Å². The zero-order valence-corrected chi connectivity index (χ0v) is 18.1. The highest BCUT2D eigenvalue weighted by Gasteiger charge is 2.68. The lowest BCUT2D eigenvalue weighted by atomic mass is 9.43. The maximum Gasteiger partial charge on any atom is 0.462 e. The molecule has 0 radical (unpaired) electrons. The molecular formula is C23H34BN2O3+. The van der Waals surface area contributed by atoms with Gasteiger partial charge in [-0.25, -0.2) is 4.99 Å². The third-order valence-corrected chi connectivity index (χ3v) is 7.88. The molecule has 1 amide bonds. The van der Waals surface area contributed by atoms with E-state index in [1.807, 2.05) is 30.3 Å². The van der Waals surface area contributed by atoms with Crippen molar-refractivity contribution < 1.29 is 19.1 Å². The number of hydrogen-bond acceptors (Lipinski definition) is 3. The Morgan fingerprint density at radius 2 is 2.03 bits per heavy atom. The quantitative estimate of drug-likeness (QED) is 0.543. The van der Waals surface area contributed by atoms with Gasteiger partial charge in [-0.2, -0.15) is 0 Å². The third kappa shape index (κ3) is 3.55. The normalized spacial score (nSPS) is 33.9. The van der Waals surface area contributed by atoms with Gasteiger partial charge in [0.15, 0.2) is 0 Å². The summed E-state index contributed by atoms with van der Waals surface area (Å²) in [4.78, 5) is 15.5. The van der Waals surface area contributed by atoms with Gasteiger partial charge in [0.1, 0.15) is 6.72 Å². The Labute approximate surface area is 174 Å². The first kappa shape index (κ1) is 20.6. The summed E-state index contributed by atoms with van der Waals surface area (Å²) in [5.74, 6) is 1.34. The van der Waals surface area contributed by atoms with Crippen LogP contribution in [-0.2, 0) is 20.5 Å². The van der Waals surface area contributed by atoms with Crippen molar-refractivity contribution in [3.63, 3.8) is 0 Å². The fourth-order valence-corrected chi connectivity index (χ4v) is 5.73. The summed E-state index contributed by atoms with van der Waals surface area (Å²) in [5, 5.41) is 3.06. The number of rotatable bonds is 7. The SMILES string of the molecule is C=[NH+][C@@H](Cc1ccccc1)C(=O)NC[C@@H](C)B1OC2CC3CC(C3(C)C)[C@@]2(C)O1. The largest absolute Gasteiger partial charge is 0.462 e. The van der Waals surface area contributed by atoms with E-state index in [1.54, 1.807) is 0 Å². The lowest BCUT2D eigenvalue weighted by Gasteiger charge is -2.64. The minimum absolute atomic E-state index is 0.0410. The van der Waals surface area contributed by atoms with Crippen LogP contribution in [0.2, 0.25) is 5.82 Å². The molecule has 1 saturated heterocycles. The molecule has 3 aliphatic carbocycles. The van der Waals surface area contributed by atoms with Gasteiger partial charge in [0.25, 0.3) is 5.91 Å². The van der Waals surface area contributed by atoms with E-state index in [9.17, 15) is 4.79 Å². The van der Waals surface area contributed by atoms with Gasteiger partial charge in [0.05, 0.1) is 11.7 Å². The lowest BCUT2D eigenvalue weighted by Crippen LogP contribution is -2.79. The topological polar surface area (TPSA) is 61.5 Å². The van der Waals surface area contributed by atoms with Crippen LogP contribution in [0.4, 0.5) is 0 Å². The Morgan fingerprint density at radius 1 is 1.31 bits per heavy atom. The van der Waals surface area contributed by atoms with Crippen LogP contribution >= 0.6 is 0 Å². The summed E-state index contributed by atoms with van der Waals surface area (Å²) in [6.07, 6.45) is 3.12. The summed E-state index contributed by atoms with van der Waals surface area (Å²) in [5.41, 5.74) is 1.25. The Bertz CT molecular complexity index is 771. The molecule has 3 saturated carbocycles. The molecular weight excluding hydrogens is 363 g/mol. The minimum Gasteiger partial charge on any atom is -0.405 e. The summed E-state index contributed by atoms with van der Waals surface area (Å²) in [6.45, 7) is 13.3. The second-order valence-electron chi connectivity index (χ2n) is 10.0. The molecule has 29 heavy (non-hydrogen) atoms. The molecule has 1 heterocycles. The first-order chi connectivity index (χ1) is 13.8. The van der Waals surface area contributed by atoms with E-state index in [1.165, 1.54) is 6.42 Å². The van der Waals surface area contributed by atoms with Gasteiger partial charge in [-0.3, -0.25) is 4.79 Å². The second-order valence-corrected chi connectivity index (χ2v) is 10.0. The summed E-state index contributed by atoms with van der Waals surface area (Å²) in [7, 11) is -0.263. The molecule has 4 aliphatic rings. The van der Waals surface area contributed by atoms with Crippen LogP contribution in [0.3, 0.4) is 0 Å². The monoisotopic (exact) mass is 397 g/mol. The number of carbonyl (C=O) groups excluding carboxylic acids is 1. The van der Waals surface area contributed by atoms with E-state index < -0.39 is 0 Å². The van der Waals surface area contributed by atoms with Crippen molar-refractivity contribution in [2.24, 2.45) is 17.3 Å². The highest BCUT2D eigenvalue weighted by Crippen LogP contribution is 2.66. The van der Waals surface area contributed by atoms with Gasteiger partial charge >= 0.3 is 7.12 Å². The van der Waals surface area contributed by atoms with Gasteiger partial charge in [0.2, 0.25) is 6.04 Å². The molecule has 1 aromatic carbocycles. The van der Waals surface area contributed by atoms with Crippen LogP contribution in [0.1, 0.15) is 46.1 Å². The molecule has 5 nitrogen and oxygen atoms in total. The Balaban J connectivity index is 1.31. The van der Waals surface area contributed by atoms with Gasteiger partial charge in [-0.1, -0.05) is 51.1 Å². The smallest absolute Gasteiger partial charge is 0.405 e. The molecule has 4 fully saturated rings. The minimum atomic E-state index is -0.358. The average molecular weight is 397 g/mol. The van der Waals surface area contributed by atoms with Gasteiger partial charge in [-0.15, -0.1) is 0 Å². The first-order valence-corrected chi connectivity index (χ1v) is 10.9. The van der Waals surface area contributed by atoms with E-state index in [0.29, 0.717) is 24.3 Å². The predicted molar refractivity (Wildman–Crippen MR) is 115 cm³/mol. The van der Waals surface area contributed by atoms with Gasteiger partial charge in [-0.05, 0) is 42.6 Å². The fraction of sp³-hybridized carbons (Fsp3) is 0.652. The highest BCUT2D eigenvalue weighted by molar-refractivity contribution is 6.47. The summed E-state index contributed by atoms with van der Waals surface area (Å²) < 4.78 is 12.9. The molecule has 5 rings (SSSR count). The third-order valence-electron chi connectivity index (χ3n) is 7.88. The molecule has 2 bridgehead atoms. The maximum atomic E-state index is 12.7. The second kappa shape index (κ2) is 7.55. The molecule has 0 spiro atoms. The van der Waals surface area contributed by atoms with Crippen LogP contribution in [0.5, 0.6) is 0 Å². The number of carbonyl (C=O) groups is 1. The van der Waals surface area contributed by atoms with E-state index in [0.717, 1.165) is 17.9 Å². The van der Waals surface area contributed by atoms with Crippen molar-refractivity contribution in [2.75, 3.05) is 6.54 Å².